The molecule has 0 bridgehead atoms. The zero-order valence-corrected chi connectivity index (χ0v) is 98.1. The van der Waals surface area contributed by atoms with Crippen LogP contribution in [0.2, 0.25) is 0 Å². The first-order chi connectivity index (χ1) is 66.2. The second-order valence-electron chi connectivity index (χ2n) is 47.7. The van der Waals surface area contributed by atoms with Crippen LogP contribution in [-0.4, -0.2) is 204 Å². The summed E-state index contributed by atoms with van der Waals surface area (Å²) in [5.41, 5.74) is 13.8. The predicted molar refractivity (Wildman–Crippen MR) is 615 cm³/mol. The molecule has 14 aliphatic rings. The maximum absolute atomic E-state index is 5.00. The van der Waals surface area contributed by atoms with Crippen molar-refractivity contribution in [3.05, 3.63) is 73.0 Å². The van der Waals surface area contributed by atoms with Crippen LogP contribution in [-0.2, 0) is 62.6 Å². The first kappa shape index (κ1) is 128. The van der Waals surface area contributed by atoms with Crippen LogP contribution in [0, 0.1) is 82.1 Å². The molecule has 2 aromatic carbocycles. The molecule has 0 amide bonds. The average Bonchev–Trinajstić information content (AvgIpc) is 0.928. The van der Waals surface area contributed by atoms with Crippen LogP contribution in [0.3, 0.4) is 0 Å². The third kappa shape index (κ3) is 53.2. The quantitative estimate of drug-likeness (QED) is 0.0289. The zero-order chi connectivity index (χ0) is 93.5. The van der Waals surface area contributed by atoms with Gasteiger partial charge in [-0.25, -0.2) is 22.0 Å². The van der Waals surface area contributed by atoms with Crippen molar-refractivity contribution in [2.24, 2.45) is 71.0 Å². The van der Waals surface area contributed by atoms with E-state index in [1.807, 2.05) is 10.9 Å². The van der Waals surface area contributed by atoms with Crippen LogP contribution >= 0.6 is 47.5 Å². The molecular weight excluding hydrogens is 1890 g/mol. The van der Waals surface area contributed by atoms with Crippen molar-refractivity contribution in [2.45, 2.75) is 411 Å². The van der Waals surface area contributed by atoms with Gasteiger partial charge in [0.25, 0.3) is 0 Å². The SMILES string of the molecule is C1CCOC1.C1CCOC1.COCCOC.COCCOC.N=N.[Fe+2].[Fe+2].[NH2-].[NH2-].c1ccc([B-](CP(CC2CCCCC2)CC2CCCCC2)(CP(CC2CCCCC2)CC2CCCCC2)CP(CC2CCCCC2)CC2CCCCC2)cc1.c1ccc([B-](CP(CC2CCCCC2)CC2CCCCC2)(CP(CC2CCCCC2)CC2CCCCC2)CP(CC2CCCCC2)CC2CCCCC2)cc1. The molecule has 0 unspecified atom stereocenters. The third-order valence-electron chi connectivity index (χ3n) is 36.2. The van der Waals surface area contributed by atoms with Gasteiger partial charge in [-0.3, -0.25) is 0 Å². The number of methoxy groups -OCH3 is 4. The van der Waals surface area contributed by atoms with E-state index in [0.29, 0.717) is 26.4 Å². The second kappa shape index (κ2) is 81.2. The maximum Gasteiger partial charge on any atom is 2.00 e. The molecule has 0 radical (unpaired) electrons. The standard InChI is InChI=1S/2C51H89BP3.2C4H10O2.2C4H8O.2Fe.H2N2.2H2N/c2*1-8-22-45(23-9-1)36-53(37-46-24-10-2-11-25-46)42-52(51-34-20-7-21-35-51,43-54(38-47-26-12-3-13-27-47)39-48-28-14-4-15-29-48)44-55(40-49-30-16-5-17-31-49)41-50-32-18-6-19-33-50;2*1-5-3-4-6-2;2*1-2-4-5-3-1;;;1-2;;/h2*7,20-21,34-35,45-50H,1-6,8-19,22-33,36-44H2;2*3-4H2,1-2H3;2*1-4H2;;;1-2H;2*1H2/q2*-1;;;;;2*+2;;2*-1. The summed E-state index contributed by atoms with van der Waals surface area (Å²) in [6.07, 6.45) is 117. The topological polar surface area (TPSA) is 170 Å². The van der Waals surface area contributed by atoms with E-state index in [-0.39, 0.29) is 94.0 Å². The summed E-state index contributed by atoms with van der Waals surface area (Å²) in [6.45, 7) is 6.76. The van der Waals surface area contributed by atoms with Gasteiger partial charge in [0.2, 0.25) is 0 Å². The Kier molecular flexibility index (Phi) is 75.4. The van der Waals surface area contributed by atoms with Gasteiger partial charge >= 0.3 is 34.1 Å². The fraction of sp³-hybridized carbons (Fsp3) is 0.898. The van der Waals surface area contributed by atoms with Gasteiger partial charge in [0.15, 0.2) is 0 Å². The molecule has 800 valence electrons. The van der Waals surface area contributed by atoms with Crippen LogP contribution in [0.1, 0.15) is 411 Å². The number of hydrogen-bond donors (Lipinski definition) is 2. The summed E-state index contributed by atoms with van der Waals surface area (Å²) < 4.78 is 28.5. The Hall–Kier alpha value is 1.47. The van der Waals surface area contributed by atoms with E-state index < -0.39 is 12.3 Å². The van der Waals surface area contributed by atoms with E-state index in [9.17, 15) is 0 Å². The van der Waals surface area contributed by atoms with Gasteiger partial charge in [0.05, 0.1) is 26.4 Å². The summed E-state index contributed by atoms with van der Waals surface area (Å²) in [7, 11) is 7.16. The molecule has 10 nitrogen and oxygen atoms in total. The molecule has 2 heterocycles. The predicted octanol–water partition coefficient (Wildman–Crippen LogP) is 36.0. The summed E-state index contributed by atoms with van der Waals surface area (Å²) in [5, 5.41) is 0. The Bertz CT molecular complexity index is 2480. The molecule has 0 aromatic heterocycles. The van der Waals surface area contributed by atoms with Gasteiger partial charge < -0.3 is 40.7 Å². The third-order valence-corrected chi connectivity index (χ3v) is 55.9. The van der Waals surface area contributed by atoms with Crippen molar-refractivity contribution >= 4 is 70.7 Å². The first-order valence-corrected chi connectivity index (χ1v) is 70.8. The van der Waals surface area contributed by atoms with E-state index in [4.69, 9.17) is 20.5 Å². The number of hydrogen-bond acceptors (Lipinski definition) is 8. The molecule has 12 saturated carbocycles. The second-order valence-corrected chi connectivity index (χ2v) is 62.4. The molecular formula is C118H220B2Fe2N4O6P6. The number of benzene rings is 2. The Morgan fingerprint density at radius 1 is 0.210 bits per heavy atom. The smallest absolute Gasteiger partial charge is 0.693 e. The molecule has 12 aliphatic carbocycles. The molecule has 2 aromatic rings. The zero-order valence-electron chi connectivity index (χ0n) is 90.5. The van der Waals surface area contributed by atoms with E-state index >= 15 is 0 Å². The van der Waals surface area contributed by atoms with Gasteiger partial charge in [-0.15, -0.1) is 47.5 Å². The average molecular weight is 2110 g/mol. The Morgan fingerprint density at radius 2 is 0.333 bits per heavy atom. The normalized spacial score (nSPS) is 22.0. The first-order valence-electron chi connectivity index (χ1n) is 59.4. The fourth-order valence-electron chi connectivity index (χ4n) is 29.2. The molecule has 2 aliphatic heterocycles. The van der Waals surface area contributed by atoms with Crippen molar-refractivity contribution < 1.29 is 62.6 Å². The molecule has 138 heavy (non-hydrogen) atoms. The van der Waals surface area contributed by atoms with Crippen molar-refractivity contribution in [3.8, 4) is 0 Å². The van der Waals surface area contributed by atoms with Gasteiger partial charge in [-0.05, 0) is 171 Å². The minimum Gasteiger partial charge on any atom is -0.693 e. The van der Waals surface area contributed by atoms with E-state index in [2.05, 4.69) is 79.6 Å². The molecule has 0 atom stereocenters. The Balaban J connectivity index is 0.000000333. The maximum atomic E-state index is 5.00. The summed E-state index contributed by atoms with van der Waals surface area (Å²) in [6, 6.07) is 36.0. The molecule has 2 saturated heterocycles. The largest absolute Gasteiger partial charge is 2.00 e. The summed E-state index contributed by atoms with van der Waals surface area (Å²) in [4.78, 5) is 0. The van der Waals surface area contributed by atoms with Gasteiger partial charge in [0.1, 0.15) is 0 Å². The van der Waals surface area contributed by atoms with Gasteiger partial charge in [-0.1, -0.05) is 446 Å². The van der Waals surface area contributed by atoms with E-state index in [0.717, 1.165) is 97.4 Å². The van der Waals surface area contributed by atoms with Crippen LogP contribution in [0.5, 0.6) is 0 Å². The molecule has 20 heteroatoms. The van der Waals surface area contributed by atoms with Crippen LogP contribution in [0.4, 0.5) is 0 Å². The minimum atomic E-state index is -0.557. The monoisotopic (exact) mass is 2110 g/mol. The van der Waals surface area contributed by atoms with Crippen molar-refractivity contribution in [1.29, 1.82) is 11.1 Å². The van der Waals surface area contributed by atoms with Crippen molar-refractivity contribution in [1.82, 2.24) is 0 Å². The Labute approximate surface area is 884 Å². The summed E-state index contributed by atoms with van der Waals surface area (Å²) >= 11 is 0. The van der Waals surface area contributed by atoms with E-state index in [1.54, 1.807) is 293 Å². The van der Waals surface area contributed by atoms with E-state index in [1.165, 1.54) is 257 Å². The number of rotatable bonds is 44. The number of ether oxygens (including phenoxy) is 6. The number of nitrogens with two attached hydrogens (primary N) is 2. The van der Waals surface area contributed by atoms with Crippen molar-refractivity contribution in [2.75, 3.05) is 192 Å². The summed E-state index contributed by atoms with van der Waals surface area (Å²) in [5.74, 6) is 12.7. The molecule has 6 N–H and O–H groups in total. The van der Waals surface area contributed by atoms with Crippen LogP contribution in [0.25, 0.3) is 12.3 Å². The van der Waals surface area contributed by atoms with Crippen molar-refractivity contribution in [3.63, 3.8) is 0 Å². The molecule has 16 rings (SSSR count). The molecule has 0 spiro atoms. The fourth-order valence-corrected chi connectivity index (χ4v) is 55.0. The van der Waals surface area contributed by atoms with Crippen LogP contribution in [0.15, 0.2) is 60.7 Å². The number of nitrogens with one attached hydrogen (secondary N) is 2. The molecule has 14 fully saturated rings. The van der Waals surface area contributed by atoms with Gasteiger partial charge in [-0.2, -0.15) is 36.4 Å². The van der Waals surface area contributed by atoms with Gasteiger partial charge in [0, 0.05) is 67.2 Å². The Morgan fingerprint density at radius 3 is 0.435 bits per heavy atom. The van der Waals surface area contributed by atoms with Crippen LogP contribution < -0.4 is 10.9 Å². The minimum absolute atomic E-state index is 0.